The second kappa shape index (κ2) is 6.36. The number of nitrogens with zero attached hydrogens (tertiary/aromatic N) is 2. The molecule has 1 aromatic carbocycles. The Labute approximate surface area is 126 Å². The van der Waals surface area contributed by atoms with Gasteiger partial charge < -0.3 is 5.32 Å². The van der Waals surface area contributed by atoms with Crippen molar-refractivity contribution in [3.63, 3.8) is 0 Å². The van der Waals surface area contributed by atoms with Gasteiger partial charge in [-0.05, 0) is 18.4 Å². The fourth-order valence-electron chi connectivity index (χ4n) is 2.49. The van der Waals surface area contributed by atoms with Crippen LogP contribution in [0.4, 0.5) is 13.2 Å². The molecule has 1 fully saturated rings. The fourth-order valence-corrected chi connectivity index (χ4v) is 2.49. The van der Waals surface area contributed by atoms with E-state index in [1.807, 2.05) is 41.7 Å². The lowest BCUT2D eigenvalue weighted by Gasteiger charge is -2.37. The summed E-state index contributed by atoms with van der Waals surface area (Å²) in [6, 6.07) is 11.5. The zero-order valence-corrected chi connectivity index (χ0v) is 11.9. The van der Waals surface area contributed by atoms with Gasteiger partial charge in [0.05, 0.1) is 6.07 Å². The number of hydrogen-bond acceptors (Lipinski definition) is 3. The van der Waals surface area contributed by atoms with E-state index in [-0.39, 0.29) is 12.8 Å². The second-order valence-electron chi connectivity index (χ2n) is 5.41. The number of nitrogens with one attached hydrogen (secondary N) is 1. The van der Waals surface area contributed by atoms with Crippen LogP contribution in [0.3, 0.4) is 0 Å². The van der Waals surface area contributed by atoms with Crippen molar-refractivity contribution in [2.75, 3.05) is 13.1 Å². The minimum Gasteiger partial charge on any atom is -0.330 e. The molecule has 4 nitrogen and oxygen atoms in total. The van der Waals surface area contributed by atoms with Crippen molar-refractivity contribution in [1.82, 2.24) is 10.2 Å². The van der Waals surface area contributed by atoms with Crippen molar-refractivity contribution >= 4 is 5.91 Å². The minimum atomic E-state index is -4.97. The Hall–Kier alpha value is -2.07. The molecule has 1 aromatic rings. The molecule has 1 N–H and O–H groups in total. The molecule has 7 heteroatoms. The first-order chi connectivity index (χ1) is 10.3. The predicted octanol–water partition coefficient (Wildman–Crippen LogP) is 2.22. The number of amides is 1. The van der Waals surface area contributed by atoms with Crippen molar-refractivity contribution in [3.8, 4) is 6.07 Å². The average molecular weight is 311 g/mol. The van der Waals surface area contributed by atoms with E-state index in [1.54, 1.807) is 0 Å². The van der Waals surface area contributed by atoms with Gasteiger partial charge in [-0.2, -0.15) is 18.4 Å². The van der Waals surface area contributed by atoms with Crippen molar-refractivity contribution in [2.24, 2.45) is 0 Å². The van der Waals surface area contributed by atoms with E-state index in [2.05, 4.69) is 4.90 Å². The first-order valence-corrected chi connectivity index (χ1v) is 6.91. The van der Waals surface area contributed by atoms with Crippen LogP contribution in [0.5, 0.6) is 0 Å². The van der Waals surface area contributed by atoms with Gasteiger partial charge in [0.15, 0.2) is 0 Å². The molecule has 0 atom stereocenters. The molecule has 1 aliphatic rings. The summed E-state index contributed by atoms with van der Waals surface area (Å²) in [4.78, 5) is 13.1. The highest BCUT2D eigenvalue weighted by atomic mass is 19.4. The lowest BCUT2D eigenvalue weighted by atomic mass is 9.88. The summed E-state index contributed by atoms with van der Waals surface area (Å²) in [6.07, 6.45) is -4.61. The van der Waals surface area contributed by atoms with Gasteiger partial charge in [0.1, 0.15) is 5.54 Å². The standard InChI is InChI=1S/C15H16F3N3O/c16-15(17,18)13(22)20-14(11-19)6-8-21(9-7-14)10-12-4-2-1-3-5-12/h1-5H,6-10H2,(H,20,22). The van der Waals surface area contributed by atoms with Crippen LogP contribution < -0.4 is 5.32 Å². The quantitative estimate of drug-likeness (QED) is 0.931. The summed E-state index contributed by atoms with van der Waals surface area (Å²) in [5.41, 5.74) is -0.328. The van der Waals surface area contributed by atoms with Crippen molar-refractivity contribution in [3.05, 3.63) is 35.9 Å². The molecule has 0 aromatic heterocycles. The maximum atomic E-state index is 12.3. The SMILES string of the molecule is N#CC1(NC(=O)C(F)(F)F)CCN(Cc2ccccc2)CC1. The van der Waals surface area contributed by atoms with Gasteiger partial charge in [-0.3, -0.25) is 9.69 Å². The number of rotatable bonds is 3. The zero-order valence-electron chi connectivity index (χ0n) is 11.9. The third-order valence-corrected chi connectivity index (χ3v) is 3.78. The van der Waals surface area contributed by atoms with Gasteiger partial charge in [-0.15, -0.1) is 0 Å². The monoisotopic (exact) mass is 311 g/mol. The van der Waals surface area contributed by atoms with E-state index in [4.69, 9.17) is 0 Å². The van der Waals surface area contributed by atoms with Crippen molar-refractivity contribution in [2.45, 2.75) is 31.1 Å². The molecule has 118 valence electrons. The van der Waals surface area contributed by atoms with Crippen LogP contribution in [0.25, 0.3) is 0 Å². The second-order valence-corrected chi connectivity index (χ2v) is 5.41. The highest BCUT2D eigenvalue weighted by Crippen LogP contribution is 2.25. The van der Waals surface area contributed by atoms with Gasteiger partial charge in [0, 0.05) is 19.6 Å². The number of carbonyl (C=O) groups is 1. The number of piperidine rings is 1. The molecule has 0 bridgehead atoms. The maximum Gasteiger partial charge on any atom is 0.471 e. The normalized spacial score (nSPS) is 18.5. The molecule has 0 saturated carbocycles. The summed E-state index contributed by atoms with van der Waals surface area (Å²) in [6.45, 7) is 1.59. The van der Waals surface area contributed by atoms with Crippen LogP contribution in [0.2, 0.25) is 0 Å². The number of carbonyl (C=O) groups excluding carboxylic acids is 1. The number of likely N-dealkylation sites (tertiary alicyclic amines) is 1. The van der Waals surface area contributed by atoms with Crippen LogP contribution >= 0.6 is 0 Å². The summed E-state index contributed by atoms with van der Waals surface area (Å²) >= 11 is 0. The number of alkyl halides is 3. The molecule has 1 saturated heterocycles. The molecule has 1 amide bonds. The highest BCUT2D eigenvalue weighted by molar-refractivity contribution is 5.82. The van der Waals surface area contributed by atoms with Crippen LogP contribution in [0.1, 0.15) is 18.4 Å². The smallest absolute Gasteiger partial charge is 0.330 e. The molecule has 0 radical (unpaired) electrons. The molecular weight excluding hydrogens is 295 g/mol. The Bertz CT molecular complexity index is 558. The number of halogens is 3. The third-order valence-electron chi connectivity index (χ3n) is 3.78. The Kier molecular flexibility index (Phi) is 4.71. The molecule has 0 unspecified atom stereocenters. The van der Waals surface area contributed by atoms with E-state index < -0.39 is 17.6 Å². The topological polar surface area (TPSA) is 56.1 Å². The highest BCUT2D eigenvalue weighted by Gasteiger charge is 2.45. The lowest BCUT2D eigenvalue weighted by molar-refractivity contribution is -0.175. The molecule has 0 spiro atoms. The fraction of sp³-hybridized carbons (Fsp3) is 0.467. The van der Waals surface area contributed by atoms with Crippen molar-refractivity contribution < 1.29 is 18.0 Å². The minimum absolute atomic E-state index is 0.179. The summed E-state index contributed by atoms with van der Waals surface area (Å²) in [5.74, 6) is -2.05. The number of benzene rings is 1. The Morgan fingerprint density at radius 2 is 1.86 bits per heavy atom. The number of hydrogen-bond donors (Lipinski definition) is 1. The molecule has 0 aliphatic carbocycles. The largest absolute Gasteiger partial charge is 0.471 e. The van der Waals surface area contributed by atoms with Crippen LogP contribution in [0, 0.1) is 11.3 Å². The van der Waals surface area contributed by atoms with Gasteiger partial charge in [0.25, 0.3) is 0 Å². The van der Waals surface area contributed by atoms with E-state index in [9.17, 15) is 23.2 Å². The third kappa shape index (κ3) is 3.98. The zero-order chi connectivity index (χ0) is 16.2. The molecule has 1 heterocycles. The van der Waals surface area contributed by atoms with E-state index >= 15 is 0 Å². The summed E-state index contributed by atoms with van der Waals surface area (Å²) in [5, 5.41) is 11.0. The van der Waals surface area contributed by atoms with Gasteiger partial charge >= 0.3 is 12.1 Å². The first-order valence-electron chi connectivity index (χ1n) is 6.91. The van der Waals surface area contributed by atoms with Crippen molar-refractivity contribution in [1.29, 1.82) is 5.26 Å². The van der Waals surface area contributed by atoms with Gasteiger partial charge in [-0.1, -0.05) is 30.3 Å². The van der Waals surface area contributed by atoms with Gasteiger partial charge in [-0.25, -0.2) is 0 Å². The lowest BCUT2D eigenvalue weighted by Crippen LogP contribution is -2.57. The first kappa shape index (κ1) is 16.3. The van der Waals surface area contributed by atoms with E-state index in [0.717, 1.165) is 5.56 Å². The predicted molar refractivity (Wildman–Crippen MR) is 73.5 cm³/mol. The van der Waals surface area contributed by atoms with Crippen LogP contribution in [0.15, 0.2) is 30.3 Å². The summed E-state index contributed by atoms with van der Waals surface area (Å²) < 4.78 is 37.0. The van der Waals surface area contributed by atoms with E-state index in [1.165, 1.54) is 0 Å². The Morgan fingerprint density at radius 3 is 2.36 bits per heavy atom. The molecular formula is C15H16F3N3O. The molecule has 22 heavy (non-hydrogen) atoms. The summed E-state index contributed by atoms with van der Waals surface area (Å²) in [7, 11) is 0. The molecule has 1 aliphatic heterocycles. The Balaban J connectivity index is 1.94. The number of nitriles is 1. The Morgan fingerprint density at radius 1 is 1.27 bits per heavy atom. The average Bonchev–Trinajstić information content (AvgIpc) is 2.49. The molecule has 2 rings (SSSR count). The maximum absolute atomic E-state index is 12.3. The van der Waals surface area contributed by atoms with Crippen LogP contribution in [-0.4, -0.2) is 35.6 Å². The van der Waals surface area contributed by atoms with Gasteiger partial charge in [0.2, 0.25) is 0 Å². The van der Waals surface area contributed by atoms with Crippen LogP contribution in [-0.2, 0) is 11.3 Å². The van der Waals surface area contributed by atoms with E-state index in [0.29, 0.717) is 19.6 Å².